The van der Waals surface area contributed by atoms with Crippen molar-refractivity contribution in [1.29, 1.82) is 0 Å². The number of hydrogen-bond acceptors (Lipinski definition) is 4. The first kappa shape index (κ1) is 24.0. The Morgan fingerprint density at radius 1 is 1.17 bits per heavy atom. The molecule has 0 saturated heterocycles. The van der Waals surface area contributed by atoms with Gasteiger partial charge in [-0.2, -0.15) is 4.57 Å². The first-order valence-electron chi connectivity index (χ1n) is 12.5. The lowest BCUT2D eigenvalue weighted by molar-refractivity contribution is -0.732. The summed E-state index contributed by atoms with van der Waals surface area (Å²) in [5.74, 6) is 0.382. The number of carbonyl (C=O) groups excluding carboxylic acids is 2. The van der Waals surface area contributed by atoms with Crippen molar-refractivity contribution in [2.24, 2.45) is 24.6 Å². The molecule has 0 radical (unpaired) electrons. The summed E-state index contributed by atoms with van der Waals surface area (Å²) in [4.78, 5) is 26.2. The molecule has 2 N–H and O–H groups in total. The second-order valence-electron chi connectivity index (χ2n) is 9.68. The van der Waals surface area contributed by atoms with Gasteiger partial charge in [-0.15, -0.1) is 0 Å². The van der Waals surface area contributed by atoms with E-state index in [1.807, 2.05) is 79.5 Å². The van der Waals surface area contributed by atoms with Crippen molar-refractivity contribution in [3.8, 4) is 0 Å². The Morgan fingerprint density at radius 3 is 2.69 bits per heavy atom. The standard InChI is InChI=1S/C29H33N4O3/c1-20-32(14-15-33(20)19-36-29(35)23(17-30)16-21-8-4-3-5-9-21)18-22-12-13-26-27(28(22)34)24-10-6-7-11-25(24)31(26)2/h3-11,14-15,22-23H,12-13,16-19,30H2,1-2H3/q+1. The quantitative estimate of drug-likeness (QED) is 0.307. The van der Waals surface area contributed by atoms with E-state index in [0.29, 0.717) is 13.0 Å². The second kappa shape index (κ2) is 10.1. The van der Waals surface area contributed by atoms with Crippen LogP contribution >= 0.6 is 0 Å². The lowest BCUT2D eigenvalue weighted by Crippen LogP contribution is -2.40. The monoisotopic (exact) mass is 485 g/mol. The van der Waals surface area contributed by atoms with Crippen LogP contribution in [0.25, 0.3) is 10.9 Å². The summed E-state index contributed by atoms with van der Waals surface area (Å²) in [7, 11) is 2.05. The molecule has 0 aliphatic heterocycles. The number of para-hydroxylation sites is 1. The maximum atomic E-state index is 13.5. The zero-order chi connectivity index (χ0) is 25.2. The first-order chi connectivity index (χ1) is 17.5. The van der Waals surface area contributed by atoms with Gasteiger partial charge in [0.25, 0.3) is 5.82 Å². The molecule has 2 unspecified atom stereocenters. The number of rotatable bonds is 8. The van der Waals surface area contributed by atoms with Gasteiger partial charge in [0.1, 0.15) is 18.9 Å². The van der Waals surface area contributed by atoms with Crippen LogP contribution in [0.1, 0.15) is 33.9 Å². The number of Topliss-reactive ketones (excluding diaryl/α,β-unsaturated/α-hetero) is 1. The SMILES string of the molecule is Cc1n(CC2CCc3c(c4ccccc4n3C)C2=O)cc[n+]1COC(=O)C(CN)Cc1ccccc1. The summed E-state index contributed by atoms with van der Waals surface area (Å²) in [5.41, 5.74) is 10.0. The molecule has 0 amide bonds. The molecule has 2 aromatic heterocycles. The van der Waals surface area contributed by atoms with E-state index >= 15 is 0 Å². The van der Waals surface area contributed by atoms with Gasteiger partial charge in [0, 0.05) is 42.7 Å². The third-order valence-electron chi connectivity index (χ3n) is 7.54. The third kappa shape index (κ3) is 4.46. The summed E-state index contributed by atoms with van der Waals surface area (Å²) < 4.78 is 11.8. The van der Waals surface area contributed by atoms with Crippen LogP contribution in [0.5, 0.6) is 0 Å². The van der Waals surface area contributed by atoms with Crippen molar-refractivity contribution < 1.29 is 18.9 Å². The number of nitrogens with two attached hydrogens (primary N) is 1. The van der Waals surface area contributed by atoms with E-state index in [-0.39, 0.29) is 36.9 Å². The highest BCUT2D eigenvalue weighted by molar-refractivity contribution is 6.11. The smallest absolute Gasteiger partial charge is 0.313 e. The number of aryl methyl sites for hydroxylation is 1. The van der Waals surface area contributed by atoms with E-state index in [4.69, 9.17) is 10.5 Å². The Kier molecular flexibility index (Phi) is 6.74. The molecule has 2 aromatic carbocycles. The van der Waals surface area contributed by atoms with Crippen LogP contribution in [0.2, 0.25) is 0 Å². The average molecular weight is 486 g/mol. The number of aromatic nitrogens is 3. The summed E-state index contributed by atoms with van der Waals surface area (Å²) in [5, 5.41) is 1.04. The van der Waals surface area contributed by atoms with Crippen molar-refractivity contribution in [2.45, 2.75) is 39.5 Å². The Morgan fingerprint density at radius 2 is 1.92 bits per heavy atom. The van der Waals surface area contributed by atoms with Gasteiger partial charge in [0.2, 0.25) is 6.73 Å². The predicted molar refractivity (Wildman–Crippen MR) is 137 cm³/mol. The van der Waals surface area contributed by atoms with E-state index in [1.54, 1.807) is 0 Å². The third-order valence-corrected chi connectivity index (χ3v) is 7.54. The second-order valence-corrected chi connectivity index (χ2v) is 9.68. The van der Waals surface area contributed by atoms with E-state index in [1.165, 1.54) is 0 Å². The van der Waals surface area contributed by atoms with Crippen LogP contribution in [0.3, 0.4) is 0 Å². The van der Waals surface area contributed by atoms with Crippen molar-refractivity contribution in [3.63, 3.8) is 0 Å². The van der Waals surface area contributed by atoms with Crippen molar-refractivity contribution in [2.75, 3.05) is 6.54 Å². The summed E-state index contributed by atoms with van der Waals surface area (Å²) >= 11 is 0. The number of nitrogens with zero attached hydrogens (tertiary/aromatic N) is 3. The molecule has 0 fully saturated rings. The van der Waals surface area contributed by atoms with Gasteiger partial charge in [-0.1, -0.05) is 48.5 Å². The van der Waals surface area contributed by atoms with Crippen LogP contribution in [-0.2, 0) is 42.7 Å². The molecule has 0 saturated carbocycles. The fourth-order valence-electron chi connectivity index (χ4n) is 5.36. The van der Waals surface area contributed by atoms with Crippen molar-refractivity contribution in [3.05, 3.63) is 89.6 Å². The highest BCUT2D eigenvalue weighted by Gasteiger charge is 2.34. The topological polar surface area (TPSA) is 83.1 Å². The summed E-state index contributed by atoms with van der Waals surface area (Å²) in [6, 6.07) is 18.0. The van der Waals surface area contributed by atoms with Crippen molar-refractivity contribution in [1.82, 2.24) is 9.13 Å². The van der Waals surface area contributed by atoms with Crippen LogP contribution in [0.4, 0.5) is 0 Å². The number of fused-ring (bicyclic) bond motifs is 3. The molecule has 7 heteroatoms. The van der Waals surface area contributed by atoms with E-state index in [9.17, 15) is 9.59 Å². The zero-order valence-corrected chi connectivity index (χ0v) is 20.9. The maximum Gasteiger partial charge on any atom is 0.313 e. The highest BCUT2D eigenvalue weighted by Crippen LogP contribution is 2.34. The van der Waals surface area contributed by atoms with Crippen LogP contribution in [0.15, 0.2) is 67.0 Å². The summed E-state index contributed by atoms with van der Waals surface area (Å²) in [6.07, 6.45) is 6.12. The molecule has 1 aliphatic carbocycles. The van der Waals surface area contributed by atoms with E-state index in [0.717, 1.165) is 46.4 Å². The van der Waals surface area contributed by atoms with Gasteiger partial charge >= 0.3 is 5.97 Å². The molecule has 5 rings (SSSR count). The molecule has 0 bridgehead atoms. The van der Waals surface area contributed by atoms with Gasteiger partial charge in [0.05, 0.1) is 11.8 Å². The largest absolute Gasteiger partial charge is 0.424 e. The summed E-state index contributed by atoms with van der Waals surface area (Å²) in [6.45, 7) is 2.94. The molecule has 7 nitrogen and oxygen atoms in total. The molecule has 36 heavy (non-hydrogen) atoms. The molecular weight excluding hydrogens is 452 g/mol. The number of esters is 1. The minimum atomic E-state index is -0.384. The fraction of sp³-hybridized carbons (Fsp3) is 0.345. The number of benzene rings is 2. The molecule has 4 aromatic rings. The first-order valence-corrected chi connectivity index (χ1v) is 12.5. The predicted octanol–water partition coefficient (Wildman–Crippen LogP) is 3.34. The number of ketones is 1. The molecule has 0 spiro atoms. The van der Waals surface area contributed by atoms with Crippen LogP contribution in [-0.4, -0.2) is 27.4 Å². The average Bonchev–Trinajstić information content (AvgIpc) is 3.40. The van der Waals surface area contributed by atoms with Gasteiger partial charge < -0.3 is 15.0 Å². The normalized spacial score (nSPS) is 16.2. The van der Waals surface area contributed by atoms with E-state index < -0.39 is 0 Å². The molecule has 186 valence electrons. The van der Waals surface area contributed by atoms with Gasteiger partial charge in [-0.25, -0.2) is 4.57 Å². The van der Waals surface area contributed by atoms with Crippen LogP contribution < -0.4 is 10.3 Å². The molecule has 1 aliphatic rings. The van der Waals surface area contributed by atoms with E-state index in [2.05, 4.69) is 15.2 Å². The Bertz CT molecular complexity index is 1400. The van der Waals surface area contributed by atoms with Crippen molar-refractivity contribution >= 4 is 22.7 Å². The maximum absolute atomic E-state index is 13.5. The van der Waals surface area contributed by atoms with Gasteiger partial charge in [0.15, 0.2) is 5.78 Å². The molecular formula is C29H33N4O3+. The lowest BCUT2D eigenvalue weighted by Gasteiger charge is -2.21. The zero-order valence-electron chi connectivity index (χ0n) is 20.9. The minimum absolute atomic E-state index is 0.0853. The van der Waals surface area contributed by atoms with Gasteiger partial charge in [-0.3, -0.25) is 9.59 Å². The van der Waals surface area contributed by atoms with Crippen LogP contribution in [0, 0.1) is 18.8 Å². The highest BCUT2D eigenvalue weighted by atomic mass is 16.5. The molecule has 2 atom stereocenters. The number of carbonyl (C=O) groups is 2. The Labute approximate surface area is 211 Å². The Balaban J connectivity index is 1.25. The number of ether oxygens (including phenoxy) is 1. The Hall–Kier alpha value is -3.71. The number of hydrogen-bond donors (Lipinski definition) is 1. The number of imidazole rings is 1. The fourth-order valence-corrected chi connectivity index (χ4v) is 5.36. The molecule has 2 heterocycles. The van der Waals surface area contributed by atoms with Gasteiger partial charge in [-0.05, 0) is 30.9 Å². The lowest BCUT2D eigenvalue weighted by atomic mass is 9.85. The minimum Gasteiger partial charge on any atom is -0.424 e.